The number of nitrogens with one attached hydrogen (secondary N) is 1. The first-order valence-electron chi connectivity index (χ1n) is 7.55. The minimum Gasteiger partial charge on any atom is -0.507 e. The van der Waals surface area contributed by atoms with E-state index in [1.807, 2.05) is 13.8 Å². The molecule has 126 valence electrons. The Labute approximate surface area is 139 Å². The third kappa shape index (κ3) is 4.25. The van der Waals surface area contributed by atoms with Crippen molar-refractivity contribution in [2.45, 2.75) is 26.4 Å². The Morgan fingerprint density at radius 3 is 2.38 bits per heavy atom. The monoisotopic (exact) mass is 329 g/mol. The molecule has 0 spiro atoms. The van der Waals surface area contributed by atoms with Gasteiger partial charge in [0.2, 0.25) is 0 Å². The zero-order chi connectivity index (χ0) is 17.7. The van der Waals surface area contributed by atoms with Gasteiger partial charge in [0.15, 0.2) is 0 Å². The van der Waals surface area contributed by atoms with Crippen LogP contribution in [-0.2, 0) is 0 Å². The van der Waals surface area contributed by atoms with Gasteiger partial charge in [-0.15, -0.1) is 0 Å². The number of ether oxygens (including phenoxy) is 1. The molecule has 0 radical (unpaired) electrons. The Hall–Kier alpha value is -3.02. The minimum absolute atomic E-state index is 0.0976. The van der Waals surface area contributed by atoms with E-state index in [1.54, 1.807) is 24.3 Å². The molecule has 0 aliphatic heterocycles. The summed E-state index contributed by atoms with van der Waals surface area (Å²) in [6, 6.07) is 10.6. The van der Waals surface area contributed by atoms with E-state index in [0.29, 0.717) is 17.0 Å². The van der Waals surface area contributed by atoms with Crippen LogP contribution in [0.25, 0.3) is 0 Å². The molecule has 6 nitrogen and oxygen atoms in total. The summed E-state index contributed by atoms with van der Waals surface area (Å²) >= 11 is 0. The van der Waals surface area contributed by atoms with E-state index >= 15 is 0 Å². The van der Waals surface area contributed by atoms with Gasteiger partial charge in [0, 0.05) is 17.3 Å². The predicted molar refractivity (Wildman–Crippen MR) is 89.8 cm³/mol. The van der Waals surface area contributed by atoms with Crippen molar-refractivity contribution in [1.29, 1.82) is 0 Å². The maximum atomic E-state index is 12.2. The number of carboxylic acid groups (broad SMARTS) is 1. The SMILES string of the molecule is CCC(C)Oc1ccc(C(=O)Nc2ccc(C(=O)O)c(O)c2)cc1. The first-order valence-corrected chi connectivity index (χ1v) is 7.55. The van der Waals surface area contributed by atoms with Crippen LogP contribution in [0.2, 0.25) is 0 Å². The van der Waals surface area contributed by atoms with E-state index in [-0.39, 0.29) is 17.6 Å². The number of amides is 1. The number of rotatable bonds is 6. The lowest BCUT2D eigenvalue weighted by Gasteiger charge is -2.13. The molecule has 24 heavy (non-hydrogen) atoms. The van der Waals surface area contributed by atoms with Gasteiger partial charge in [-0.3, -0.25) is 4.79 Å². The van der Waals surface area contributed by atoms with Gasteiger partial charge in [-0.2, -0.15) is 0 Å². The Morgan fingerprint density at radius 2 is 1.83 bits per heavy atom. The van der Waals surface area contributed by atoms with E-state index in [4.69, 9.17) is 9.84 Å². The third-order valence-corrected chi connectivity index (χ3v) is 3.51. The number of anilines is 1. The van der Waals surface area contributed by atoms with Crippen molar-refractivity contribution in [2.75, 3.05) is 5.32 Å². The number of carbonyl (C=O) groups is 2. The molecule has 2 aromatic carbocycles. The number of aromatic carboxylic acids is 1. The molecule has 1 unspecified atom stereocenters. The average molecular weight is 329 g/mol. The lowest BCUT2D eigenvalue weighted by molar-refractivity contribution is 0.0693. The van der Waals surface area contributed by atoms with Gasteiger partial charge >= 0.3 is 5.97 Å². The summed E-state index contributed by atoms with van der Waals surface area (Å²) in [4.78, 5) is 23.0. The van der Waals surface area contributed by atoms with Gasteiger partial charge in [0.05, 0.1) is 6.10 Å². The van der Waals surface area contributed by atoms with Gasteiger partial charge < -0.3 is 20.3 Å². The standard InChI is InChI=1S/C18H19NO5/c1-3-11(2)24-14-7-4-12(5-8-14)17(21)19-13-6-9-15(18(22)23)16(20)10-13/h4-11,20H,3H2,1-2H3,(H,19,21)(H,22,23). The highest BCUT2D eigenvalue weighted by molar-refractivity contribution is 6.04. The maximum absolute atomic E-state index is 12.2. The molecule has 0 fully saturated rings. The molecule has 0 aliphatic rings. The number of aromatic hydroxyl groups is 1. The second-order valence-corrected chi connectivity index (χ2v) is 5.35. The lowest BCUT2D eigenvalue weighted by atomic mass is 10.1. The van der Waals surface area contributed by atoms with Gasteiger partial charge in [-0.1, -0.05) is 6.92 Å². The largest absolute Gasteiger partial charge is 0.507 e. The summed E-state index contributed by atoms with van der Waals surface area (Å²) in [5, 5.41) is 21.1. The van der Waals surface area contributed by atoms with E-state index in [9.17, 15) is 14.7 Å². The molecule has 0 bridgehead atoms. The van der Waals surface area contributed by atoms with Gasteiger partial charge in [-0.25, -0.2) is 4.79 Å². The fraction of sp³-hybridized carbons (Fsp3) is 0.222. The van der Waals surface area contributed by atoms with Crippen molar-refractivity contribution in [1.82, 2.24) is 0 Å². The fourth-order valence-corrected chi connectivity index (χ4v) is 1.99. The number of carbonyl (C=O) groups excluding carboxylic acids is 1. The normalized spacial score (nSPS) is 11.6. The summed E-state index contributed by atoms with van der Waals surface area (Å²) in [5.41, 5.74) is 0.510. The summed E-state index contributed by atoms with van der Waals surface area (Å²) in [7, 11) is 0. The lowest BCUT2D eigenvalue weighted by Crippen LogP contribution is -2.13. The molecule has 1 amide bonds. The number of hydrogen-bond donors (Lipinski definition) is 3. The first kappa shape index (κ1) is 17.3. The number of carboxylic acids is 1. The van der Waals surface area contributed by atoms with Crippen LogP contribution < -0.4 is 10.1 Å². The highest BCUT2D eigenvalue weighted by Crippen LogP contribution is 2.23. The first-order chi connectivity index (χ1) is 11.4. The molecule has 6 heteroatoms. The van der Waals surface area contributed by atoms with Crippen molar-refractivity contribution in [2.24, 2.45) is 0 Å². The van der Waals surface area contributed by atoms with E-state index in [1.165, 1.54) is 18.2 Å². The maximum Gasteiger partial charge on any atom is 0.339 e. The number of benzene rings is 2. The molecular weight excluding hydrogens is 310 g/mol. The Kier molecular flexibility index (Phi) is 5.42. The van der Waals surface area contributed by atoms with Crippen molar-refractivity contribution in [3.63, 3.8) is 0 Å². The highest BCUT2D eigenvalue weighted by atomic mass is 16.5. The van der Waals surface area contributed by atoms with E-state index in [2.05, 4.69) is 5.32 Å². The van der Waals surface area contributed by atoms with Crippen LogP contribution >= 0.6 is 0 Å². The summed E-state index contributed by atoms with van der Waals surface area (Å²) in [6.45, 7) is 3.99. The Balaban J connectivity index is 2.07. The molecule has 2 aromatic rings. The van der Waals surface area contributed by atoms with Gasteiger partial charge in [0.1, 0.15) is 17.1 Å². The molecule has 1 atom stereocenters. The predicted octanol–water partition coefficient (Wildman–Crippen LogP) is 3.52. The number of phenols is 1. The number of hydrogen-bond acceptors (Lipinski definition) is 4. The minimum atomic E-state index is -1.23. The van der Waals surface area contributed by atoms with Gasteiger partial charge in [-0.05, 0) is 49.7 Å². The van der Waals surface area contributed by atoms with E-state index < -0.39 is 11.7 Å². The van der Waals surface area contributed by atoms with Crippen molar-refractivity contribution in [3.8, 4) is 11.5 Å². The van der Waals surface area contributed by atoms with Crippen LogP contribution in [0, 0.1) is 0 Å². The quantitative estimate of drug-likeness (QED) is 0.753. The fourth-order valence-electron chi connectivity index (χ4n) is 1.99. The second-order valence-electron chi connectivity index (χ2n) is 5.35. The molecule has 0 heterocycles. The molecule has 0 saturated heterocycles. The topological polar surface area (TPSA) is 95.9 Å². The third-order valence-electron chi connectivity index (χ3n) is 3.51. The molecule has 0 aromatic heterocycles. The molecule has 0 saturated carbocycles. The Bertz CT molecular complexity index is 740. The van der Waals surface area contributed by atoms with Crippen molar-refractivity contribution < 1.29 is 24.5 Å². The van der Waals surface area contributed by atoms with Crippen LogP contribution in [0.5, 0.6) is 11.5 Å². The van der Waals surface area contributed by atoms with Crippen molar-refractivity contribution >= 4 is 17.6 Å². The second kappa shape index (κ2) is 7.50. The average Bonchev–Trinajstić information content (AvgIpc) is 2.55. The zero-order valence-electron chi connectivity index (χ0n) is 13.4. The zero-order valence-corrected chi connectivity index (χ0v) is 13.4. The molecule has 3 N–H and O–H groups in total. The molecule has 2 rings (SSSR count). The molecular formula is C18H19NO5. The van der Waals surface area contributed by atoms with Crippen LogP contribution in [0.4, 0.5) is 5.69 Å². The summed E-state index contributed by atoms with van der Waals surface area (Å²) < 4.78 is 5.65. The molecule has 0 aliphatic carbocycles. The smallest absolute Gasteiger partial charge is 0.339 e. The summed E-state index contributed by atoms with van der Waals surface area (Å²) in [6.07, 6.45) is 0.985. The Morgan fingerprint density at radius 1 is 1.17 bits per heavy atom. The van der Waals surface area contributed by atoms with Crippen LogP contribution in [0.15, 0.2) is 42.5 Å². The summed E-state index contributed by atoms with van der Waals surface area (Å²) in [5.74, 6) is -1.32. The highest BCUT2D eigenvalue weighted by Gasteiger charge is 2.12. The van der Waals surface area contributed by atoms with Gasteiger partial charge in [0.25, 0.3) is 5.91 Å². The van der Waals surface area contributed by atoms with Crippen LogP contribution in [0.3, 0.4) is 0 Å². The van der Waals surface area contributed by atoms with Crippen LogP contribution in [-0.4, -0.2) is 28.2 Å². The van der Waals surface area contributed by atoms with Crippen LogP contribution in [0.1, 0.15) is 41.0 Å². The van der Waals surface area contributed by atoms with Crippen molar-refractivity contribution in [3.05, 3.63) is 53.6 Å². The van der Waals surface area contributed by atoms with E-state index in [0.717, 1.165) is 6.42 Å².